The zero-order chi connectivity index (χ0) is 20.4. The first-order valence-corrected chi connectivity index (χ1v) is 10.0. The van der Waals surface area contributed by atoms with Gasteiger partial charge >= 0.3 is 6.18 Å². The van der Waals surface area contributed by atoms with E-state index in [-0.39, 0.29) is 10.9 Å². The van der Waals surface area contributed by atoms with Gasteiger partial charge in [0.05, 0.1) is 26.8 Å². The summed E-state index contributed by atoms with van der Waals surface area (Å²) in [5, 5.41) is 0. The highest BCUT2D eigenvalue weighted by atomic mass is 32.2. The zero-order valence-corrected chi connectivity index (χ0v) is 15.9. The molecule has 1 aliphatic rings. The molecule has 0 unspecified atom stereocenters. The van der Waals surface area contributed by atoms with Gasteiger partial charge in [-0.15, -0.1) is 0 Å². The Balaban J connectivity index is 1.64. The molecule has 3 aromatic rings. The van der Waals surface area contributed by atoms with Gasteiger partial charge in [0.1, 0.15) is 12.6 Å². The fourth-order valence-corrected chi connectivity index (χ4v) is 4.26. The minimum absolute atomic E-state index is 0.154. The second-order valence-electron chi connectivity index (χ2n) is 6.46. The quantitative estimate of drug-likeness (QED) is 0.573. The van der Waals surface area contributed by atoms with E-state index in [2.05, 4.69) is 4.99 Å². The molecule has 0 spiro atoms. The lowest BCUT2D eigenvalue weighted by molar-refractivity contribution is -0.137. The van der Waals surface area contributed by atoms with Gasteiger partial charge in [-0.3, -0.25) is 0 Å². The van der Waals surface area contributed by atoms with Crippen molar-refractivity contribution in [1.82, 2.24) is 0 Å². The van der Waals surface area contributed by atoms with Crippen molar-refractivity contribution in [1.29, 1.82) is 0 Å². The summed E-state index contributed by atoms with van der Waals surface area (Å²) in [4.78, 5) is 5.35. The van der Waals surface area contributed by atoms with Crippen LogP contribution in [0.1, 0.15) is 22.7 Å². The van der Waals surface area contributed by atoms with Crippen LogP contribution in [0.25, 0.3) is 0 Å². The van der Waals surface area contributed by atoms with E-state index in [0.717, 1.165) is 17.7 Å². The molecule has 2 atom stereocenters. The zero-order valence-electron chi connectivity index (χ0n) is 15.1. The SMILES string of the molecule is O=[S@@](c1ccc(C(F)(F)F)cc1)c1ccccc1C1=N[C@@H](c2ccccc2)CO1. The molecule has 148 valence electrons. The molecule has 1 aliphatic heterocycles. The van der Waals surface area contributed by atoms with Gasteiger partial charge in [-0.1, -0.05) is 42.5 Å². The fraction of sp³-hybridized carbons (Fsp3) is 0.136. The summed E-state index contributed by atoms with van der Waals surface area (Å²) >= 11 is 0. The lowest BCUT2D eigenvalue weighted by Crippen LogP contribution is -2.08. The van der Waals surface area contributed by atoms with Crippen LogP contribution in [0.15, 0.2) is 93.6 Å². The molecule has 0 aliphatic carbocycles. The van der Waals surface area contributed by atoms with Crippen molar-refractivity contribution in [2.75, 3.05) is 6.61 Å². The average Bonchev–Trinajstić information content (AvgIpc) is 3.23. The topological polar surface area (TPSA) is 38.7 Å². The van der Waals surface area contributed by atoms with Gasteiger partial charge < -0.3 is 4.74 Å². The monoisotopic (exact) mass is 415 g/mol. The van der Waals surface area contributed by atoms with Gasteiger partial charge in [0.15, 0.2) is 0 Å². The van der Waals surface area contributed by atoms with Crippen LogP contribution < -0.4 is 0 Å². The molecule has 0 saturated heterocycles. The van der Waals surface area contributed by atoms with Crippen molar-refractivity contribution >= 4 is 16.7 Å². The van der Waals surface area contributed by atoms with Gasteiger partial charge in [-0.05, 0) is 42.0 Å². The molecule has 0 radical (unpaired) electrons. The van der Waals surface area contributed by atoms with Crippen molar-refractivity contribution in [3.8, 4) is 0 Å². The Bertz CT molecular complexity index is 1060. The van der Waals surface area contributed by atoms with Crippen LogP contribution >= 0.6 is 0 Å². The van der Waals surface area contributed by atoms with Crippen molar-refractivity contribution in [3.63, 3.8) is 0 Å². The third-order valence-corrected chi connectivity index (χ3v) is 6.00. The summed E-state index contributed by atoms with van der Waals surface area (Å²) in [6.07, 6.45) is -4.43. The van der Waals surface area contributed by atoms with E-state index in [0.29, 0.717) is 23.0 Å². The molecular formula is C22H16F3NO2S. The molecule has 0 aromatic heterocycles. The maximum Gasteiger partial charge on any atom is 0.416 e. The van der Waals surface area contributed by atoms with Crippen LogP contribution in [-0.4, -0.2) is 16.7 Å². The lowest BCUT2D eigenvalue weighted by atomic mass is 10.1. The van der Waals surface area contributed by atoms with E-state index < -0.39 is 22.5 Å². The highest BCUT2D eigenvalue weighted by Crippen LogP contribution is 2.31. The second kappa shape index (κ2) is 7.83. The molecule has 3 aromatic carbocycles. The standard InChI is InChI=1S/C22H16F3NO2S/c23-22(24,25)16-10-12-17(13-11-16)29(27)20-9-5-4-8-18(20)21-26-19(14-28-21)15-6-2-1-3-7-15/h1-13,19H,14H2/t19-,29+/m1/s1. The molecule has 4 rings (SSSR count). The van der Waals surface area contributed by atoms with Gasteiger partial charge in [0, 0.05) is 4.90 Å². The predicted molar refractivity (Wildman–Crippen MR) is 104 cm³/mol. The first-order valence-electron chi connectivity index (χ1n) is 8.87. The summed E-state index contributed by atoms with van der Waals surface area (Å²) < 4.78 is 57.2. The van der Waals surface area contributed by atoms with Crippen molar-refractivity contribution < 1.29 is 22.1 Å². The van der Waals surface area contributed by atoms with Crippen molar-refractivity contribution in [2.24, 2.45) is 4.99 Å². The maximum absolute atomic E-state index is 13.1. The summed E-state index contributed by atoms with van der Waals surface area (Å²) in [5.41, 5.74) is 0.814. The highest BCUT2D eigenvalue weighted by Gasteiger charge is 2.30. The summed E-state index contributed by atoms with van der Waals surface area (Å²) in [5.74, 6) is 0.384. The van der Waals surface area contributed by atoms with Gasteiger partial charge in [-0.2, -0.15) is 13.2 Å². The van der Waals surface area contributed by atoms with Crippen LogP contribution in [-0.2, 0) is 21.7 Å². The largest absolute Gasteiger partial charge is 0.475 e. The number of ether oxygens (including phenoxy) is 1. The van der Waals surface area contributed by atoms with E-state index in [1.54, 1.807) is 24.3 Å². The molecule has 0 amide bonds. The third kappa shape index (κ3) is 4.10. The molecule has 0 saturated carbocycles. The number of nitrogens with zero attached hydrogens (tertiary/aromatic N) is 1. The van der Waals surface area contributed by atoms with E-state index in [4.69, 9.17) is 4.74 Å². The summed E-state index contributed by atoms with van der Waals surface area (Å²) in [7, 11) is -1.67. The smallest absolute Gasteiger partial charge is 0.416 e. The number of rotatable bonds is 4. The Morgan fingerprint density at radius 2 is 1.55 bits per heavy atom. The van der Waals surface area contributed by atoms with Gasteiger partial charge in [0.25, 0.3) is 0 Å². The lowest BCUT2D eigenvalue weighted by Gasteiger charge is -2.10. The molecule has 1 heterocycles. The number of halogens is 3. The minimum Gasteiger partial charge on any atom is -0.475 e. The normalized spacial score (nSPS) is 17.5. The number of alkyl halides is 3. The maximum atomic E-state index is 13.1. The van der Waals surface area contributed by atoms with E-state index in [9.17, 15) is 17.4 Å². The Hall–Kier alpha value is -2.93. The van der Waals surface area contributed by atoms with Crippen LogP contribution in [0.3, 0.4) is 0 Å². The fourth-order valence-electron chi connectivity index (χ4n) is 3.07. The molecule has 7 heteroatoms. The number of benzene rings is 3. The Kier molecular flexibility index (Phi) is 5.24. The number of aliphatic imine (C=N–C) groups is 1. The molecule has 0 bridgehead atoms. The first kappa shape index (κ1) is 19.4. The minimum atomic E-state index is -4.43. The summed E-state index contributed by atoms with van der Waals surface area (Å²) in [6, 6.07) is 20.8. The van der Waals surface area contributed by atoms with Gasteiger partial charge in [0.2, 0.25) is 5.90 Å². The second-order valence-corrected chi connectivity index (χ2v) is 7.91. The molecule has 0 fully saturated rings. The van der Waals surface area contributed by atoms with Crippen molar-refractivity contribution in [2.45, 2.75) is 22.0 Å². The van der Waals surface area contributed by atoms with E-state index in [1.165, 1.54) is 12.1 Å². The third-order valence-electron chi connectivity index (χ3n) is 4.55. The van der Waals surface area contributed by atoms with E-state index >= 15 is 0 Å². The Morgan fingerprint density at radius 1 is 0.897 bits per heavy atom. The number of hydrogen-bond acceptors (Lipinski definition) is 3. The predicted octanol–water partition coefficient (Wildman–Crippen LogP) is 5.39. The van der Waals surface area contributed by atoms with Gasteiger partial charge in [-0.25, -0.2) is 9.20 Å². The molecule has 29 heavy (non-hydrogen) atoms. The first-order chi connectivity index (χ1) is 13.9. The van der Waals surface area contributed by atoms with Crippen LogP contribution in [0, 0.1) is 0 Å². The van der Waals surface area contributed by atoms with E-state index in [1.807, 2.05) is 30.3 Å². The highest BCUT2D eigenvalue weighted by molar-refractivity contribution is 7.85. The Labute approximate surface area is 168 Å². The number of hydrogen-bond donors (Lipinski definition) is 0. The molecule has 0 N–H and O–H groups in total. The molecular weight excluding hydrogens is 399 g/mol. The van der Waals surface area contributed by atoms with Crippen LogP contribution in [0.5, 0.6) is 0 Å². The average molecular weight is 415 g/mol. The summed E-state index contributed by atoms with van der Waals surface area (Å²) in [6.45, 7) is 0.376. The van der Waals surface area contributed by atoms with Crippen LogP contribution in [0.2, 0.25) is 0 Å². The molecule has 3 nitrogen and oxygen atoms in total. The van der Waals surface area contributed by atoms with Crippen molar-refractivity contribution in [3.05, 3.63) is 95.6 Å². The van der Waals surface area contributed by atoms with Crippen LogP contribution in [0.4, 0.5) is 13.2 Å². The Morgan fingerprint density at radius 3 is 2.24 bits per heavy atom.